The summed E-state index contributed by atoms with van der Waals surface area (Å²) >= 11 is 6.00. The number of methoxy groups -OCH3 is 1. The number of carbonyl (C=O) groups is 2. The van der Waals surface area contributed by atoms with Crippen LogP contribution < -0.4 is 15.4 Å². The van der Waals surface area contributed by atoms with Gasteiger partial charge in [0.05, 0.1) is 12.8 Å². The summed E-state index contributed by atoms with van der Waals surface area (Å²) in [5.74, 6) is -0.311. The average molecular weight is 333 g/mol. The molecule has 0 unspecified atom stereocenters. The number of nitrogens with one attached hydrogen (secondary N) is 2. The van der Waals surface area contributed by atoms with E-state index in [9.17, 15) is 9.59 Å². The molecule has 2 aromatic rings. The van der Waals surface area contributed by atoms with E-state index in [0.29, 0.717) is 22.1 Å². The van der Waals surface area contributed by atoms with Crippen LogP contribution in [0.3, 0.4) is 0 Å². The zero-order chi connectivity index (χ0) is 16.8. The number of carbonyl (C=O) groups excluding carboxylic acids is 2. The number of amides is 2. The molecule has 5 nitrogen and oxygen atoms in total. The van der Waals surface area contributed by atoms with Gasteiger partial charge in [0, 0.05) is 10.7 Å². The second kappa shape index (κ2) is 7.65. The van der Waals surface area contributed by atoms with Gasteiger partial charge in [0.2, 0.25) is 11.8 Å². The number of anilines is 2. The number of hydrogen-bond acceptors (Lipinski definition) is 3. The second-order valence-electron chi connectivity index (χ2n) is 4.94. The van der Waals surface area contributed by atoms with Crippen molar-refractivity contribution < 1.29 is 14.3 Å². The summed E-state index contributed by atoms with van der Waals surface area (Å²) in [5, 5.41) is 5.84. The number of rotatable bonds is 5. The van der Waals surface area contributed by atoms with Crippen LogP contribution in [0.2, 0.25) is 5.02 Å². The van der Waals surface area contributed by atoms with Crippen LogP contribution in [-0.4, -0.2) is 18.9 Å². The molecule has 6 heteroatoms. The molecular weight excluding hydrogens is 316 g/mol. The lowest BCUT2D eigenvalue weighted by Gasteiger charge is -2.10. The molecule has 2 rings (SSSR count). The SMILES string of the molecule is COc1ccccc1NC(=O)CC(=O)Nc1ccc(C)c(Cl)c1. The molecule has 23 heavy (non-hydrogen) atoms. The van der Waals surface area contributed by atoms with Crippen molar-refractivity contribution in [3.05, 3.63) is 53.1 Å². The Kier molecular flexibility index (Phi) is 5.60. The minimum atomic E-state index is -0.426. The first-order valence-electron chi connectivity index (χ1n) is 6.98. The molecule has 0 aliphatic heterocycles. The maximum atomic E-state index is 11.9. The Labute approximate surface area is 139 Å². The first-order valence-corrected chi connectivity index (χ1v) is 7.36. The van der Waals surface area contributed by atoms with Gasteiger partial charge < -0.3 is 15.4 Å². The normalized spacial score (nSPS) is 10.0. The van der Waals surface area contributed by atoms with E-state index >= 15 is 0 Å². The number of hydrogen-bond donors (Lipinski definition) is 2. The third-order valence-corrected chi connectivity index (χ3v) is 3.56. The first kappa shape index (κ1) is 16.8. The van der Waals surface area contributed by atoms with Crippen LogP contribution in [0.15, 0.2) is 42.5 Å². The zero-order valence-corrected chi connectivity index (χ0v) is 13.6. The zero-order valence-electron chi connectivity index (χ0n) is 12.9. The molecule has 2 N–H and O–H groups in total. The highest BCUT2D eigenvalue weighted by Crippen LogP contribution is 2.23. The van der Waals surface area contributed by atoms with Crippen molar-refractivity contribution in [2.45, 2.75) is 13.3 Å². The highest BCUT2D eigenvalue weighted by molar-refractivity contribution is 6.31. The predicted molar refractivity (Wildman–Crippen MR) is 91.1 cm³/mol. The van der Waals surface area contributed by atoms with Crippen LogP contribution in [0.25, 0.3) is 0 Å². The van der Waals surface area contributed by atoms with Crippen molar-refractivity contribution in [2.75, 3.05) is 17.7 Å². The predicted octanol–water partition coefficient (Wildman–Crippen LogP) is 3.62. The minimum Gasteiger partial charge on any atom is -0.495 e. The maximum Gasteiger partial charge on any atom is 0.233 e. The van der Waals surface area contributed by atoms with Gasteiger partial charge in [0.15, 0.2) is 0 Å². The van der Waals surface area contributed by atoms with E-state index in [1.807, 2.05) is 6.92 Å². The lowest BCUT2D eigenvalue weighted by molar-refractivity contribution is -0.123. The number of aryl methyl sites for hydroxylation is 1. The van der Waals surface area contributed by atoms with Gasteiger partial charge in [-0.05, 0) is 36.8 Å². The molecule has 120 valence electrons. The Balaban J connectivity index is 1.94. The quantitative estimate of drug-likeness (QED) is 0.822. The number of halogens is 1. The monoisotopic (exact) mass is 332 g/mol. The number of para-hydroxylation sites is 2. The highest BCUT2D eigenvalue weighted by atomic mass is 35.5. The van der Waals surface area contributed by atoms with E-state index in [-0.39, 0.29) is 6.42 Å². The molecule has 0 aliphatic rings. The fraction of sp³-hybridized carbons (Fsp3) is 0.176. The van der Waals surface area contributed by atoms with Gasteiger partial charge >= 0.3 is 0 Å². The smallest absolute Gasteiger partial charge is 0.233 e. The lowest BCUT2D eigenvalue weighted by atomic mass is 10.2. The first-order chi connectivity index (χ1) is 11.0. The molecule has 0 radical (unpaired) electrons. The topological polar surface area (TPSA) is 67.4 Å². The molecular formula is C17H17ClN2O3. The molecule has 0 saturated heterocycles. The molecule has 0 heterocycles. The maximum absolute atomic E-state index is 11.9. The van der Waals surface area contributed by atoms with Crippen LogP contribution in [0.5, 0.6) is 5.75 Å². The molecule has 0 aromatic heterocycles. The molecule has 0 atom stereocenters. The van der Waals surface area contributed by atoms with E-state index in [0.717, 1.165) is 5.56 Å². The fourth-order valence-corrected chi connectivity index (χ4v) is 2.14. The van der Waals surface area contributed by atoms with Gasteiger partial charge in [0.1, 0.15) is 12.2 Å². The summed E-state index contributed by atoms with van der Waals surface area (Å²) in [6.07, 6.45) is -0.302. The van der Waals surface area contributed by atoms with Crippen LogP contribution >= 0.6 is 11.6 Å². The highest BCUT2D eigenvalue weighted by Gasteiger charge is 2.12. The standard InChI is InChI=1S/C17H17ClN2O3/c1-11-7-8-12(9-13(11)18)19-16(21)10-17(22)20-14-5-3-4-6-15(14)23-2/h3-9H,10H2,1-2H3,(H,19,21)(H,20,22). The average Bonchev–Trinajstić information content (AvgIpc) is 2.51. The van der Waals surface area contributed by atoms with Crippen molar-refractivity contribution in [1.29, 1.82) is 0 Å². The molecule has 0 fully saturated rings. The Morgan fingerprint density at radius 2 is 1.78 bits per heavy atom. The molecule has 0 bridgehead atoms. The van der Waals surface area contributed by atoms with Crippen LogP contribution in [0.4, 0.5) is 11.4 Å². The number of ether oxygens (including phenoxy) is 1. The Morgan fingerprint density at radius 1 is 1.09 bits per heavy atom. The summed E-state index contributed by atoms with van der Waals surface area (Å²) in [4.78, 5) is 23.9. The van der Waals surface area contributed by atoms with Gasteiger partial charge in [-0.1, -0.05) is 29.8 Å². The summed E-state index contributed by atoms with van der Waals surface area (Å²) < 4.78 is 5.14. The van der Waals surface area contributed by atoms with E-state index in [1.165, 1.54) is 7.11 Å². The van der Waals surface area contributed by atoms with Gasteiger partial charge in [0.25, 0.3) is 0 Å². The van der Waals surface area contributed by atoms with E-state index in [1.54, 1.807) is 42.5 Å². The van der Waals surface area contributed by atoms with E-state index in [2.05, 4.69) is 10.6 Å². The summed E-state index contributed by atoms with van der Waals surface area (Å²) in [7, 11) is 1.51. The van der Waals surface area contributed by atoms with Gasteiger partial charge in [-0.2, -0.15) is 0 Å². The van der Waals surface area contributed by atoms with Crippen molar-refractivity contribution >= 4 is 34.8 Å². The summed E-state index contributed by atoms with van der Waals surface area (Å²) in [6.45, 7) is 1.87. The Hall–Kier alpha value is -2.53. The van der Waals surface area contributed by atoms with Gasteiger partial charge in [-0.25, -0.2) is 0 Å². The summed E-state index contributed by atoms with van der Waals surface area (Å²) in [5.41, 5.74) is 1.99. The van der Waals surface area contributed by atoms with Crippen LogP contribution in [0.1, 0.15) is 12.0 Å². The Bertz CT molecular complexity index is 732. The molecule has 2 aromatic carbocycles. The largest absolute Gasteiger partial charge is 0.495 e. The van der Waals surface area contributed by atoms with E-state index in [4.69, 9.17) is 16.3 Å². The fourth-order valence-electron chi connectivity index (χ4n) is 1.96. The molecule has 0 spiro atoms. The molecule has 2 amide bonds. The Morgan fingerprint density at radius 3 is 2.48 bits per heavy atom. The van der Waals surface area contributed by atoms with Crippen molar-refractivity contribution in [1.82, 2.24) is 0 Å². The van der Waals surface area contributed by atoms with Crippen molar-refractivity contribution in [2.24, 2.45) is 0 Å². The van der Waals surface area contributed by atoms with Crippen molar-refractivity contribution in [3.63, 3.8) is 0 Å². The summed E-state index contributed by atoms with van der Waals surface area (Å²) in [6, 6.07) is 12.2. The second-order valence-corrected chi connectivity index (χ2v) is 5.34. The van der Waals surface area contributed by atoms with Crippen LogP contribution in [0, 0.1) is 6.92 Å². The van der Waals surface area contributed by atoms with Gasteiger partial charge in [-0.3, -0.25) is 9.59 Å². The molecule has 0 saturated carbocycles. The van der Waals surface area contributed by atoms with Crippen molar-refractivity contribution in [3.8, 4) is 5.75 Å². The molecule has 0 aliphatic carbocycles. The van der Waals surface area contributed by atoms with E-state index < -0.39 is 11.8 Å². The number of benzene rings is 2. The third kappa shape index (κ3) is 4.72. The van der Waals surface area contributed by atoms with Gasteiger partial charge in [-0.15, -0.1) is 0 Å². The van der Waals surface area contributed by atoms with Crippen LogP contribution in [-0.2, 0) is 9.59 Å². The lowest BCUT2D eigenvalue weighted by Crippen LogP contribution is -2.21. The third-order valence-electron chi connectivity index (χ3n) is 3.16. The minimum absolute atomic E-state index is 0.302.